The van der Waals surface area contributed by atoms with Crippen LogP contribution in [0.2, 0.25) is 0 Å². The predicted octanol–water partition coefficient (Wildman–Crippen LogP) is 1.89. The van der Waals surface area contributed by atoms with E-state index in [-0.39, 0.29) is 5.01 Å². The van der Waals surface area contributed by atoms with Gasteiger partial charge in [-0.05, 0) is 6.42 Å². The molecule has 0 bridgehead atoms. The van der Waals surface area contributed by atoms with E-state index in [0.29, 0.717) is 17.2 Å². The zero-order chi connectivity index (χ0) is 11.3. The topological polar surface area (TPSA) is 67.3 Å². The quantitative estimate of drug-likeness (QED) is 0.833. The van der Waals surface area contributed by atoms with Crippen LogP contribution in [0.3, 0.4) is 0 Å². The Morgan fingerprint density at radius 1 is 1.67 bits per heavy atom. The normalized spacial score (nSPS) is 12.6. The van der Waals surface area contributed by atoms with E-state index in [1.54, 1.807) is 5.38 Å². The van der Waals surface area contributed by atoms with Crippen LogP contribution in [-0.4, -0.2) is 26.0 Å². The molecule has 0 aromatic carbocycles. The number of carboxylic acid groups (broad SMARTS) is 1. The molecular formula is C9H13NO3S2. The Hall–Kier alpha value is -0.750. The van der Waals surface area contributed by atoms with Crippen LogP contribution in [0.1, 0.15) is 35.3 Å². The Balaban J connectivity index is 2.50. The van der Waals surface area contributed by atoms with Crippen molar-refractivity contribution < 1.29 is 14.1 Å². The maximum Gasteiger partial charge on any atom is 0.365 e. The first-order valence-electron chi connectivity index (χ1n) is 4.66. The maximum absolute atomic E-state index is 11.5. The molecule has 0 saturated heterocycles. The lowest BCUT2D eigenvalue weighted by Gasteiger charge is -1.97. The van der Waals surface area contributed by atoms with Crippen LogP contribution < -0.4 is 0 Å². The van der Waals surface area contributed by atoms with Crippen LogP contribution in [0.15, 0.2) is 5.38 Å². The minimum atomic E-state index is -1.02. The van der Waals surface area contributed by atoms with E-state index in [9.17, 15) is 9.00 Å². The second-order valence-corrected chi connectivity index (χ2v) is 5.53. The minimum Gasteiger partial charge on any atom is -0.476 e. The number of aromatic nitrogens is 1. The van der Waals surface area contributed by atoms with Crippen molar-refractivity contribution in [2.75, 3.05) is 5.75 Å². The van der Waals surface area contributed by atoms with Crippen LogP contribution in [0.5, 0.6) is 0 Å². The summed E-state index contributed by atoms with van der Waals surface area (Å²) in [5.74, 6) is 0.00539. The molecule has 1 unspecified atom stereocenters. The van der Waals surface area contributed by atoms with Gasteiger partial charge in [0.25, 0.3) is 0 Å². The van der Waals surface area contributed by atoms with Gasteiger partial charge in [0, 0.05) is 21.9 Å². The summed E-state index contributed by atoms with van der Waals surface area (Å²) in [6.45, 7) is 2.04. The molecule has 0 aliphatic carbocycles. The third-order valence-electron chi connectivity index (χ3n) is 1.77. The summed E-state index contributed by atoms with van der Waals surface area (Å²) in [6.07, 6.45) is 1.95. The van der Waals surface area contributed by atoms with Gasteiger partial charge >= 0.3 is 5.97 Å². The van der Waals surface area contributed by atoms with Gasteiger partial charge in [-0.15, -0.1) is 11.3 Å². The molecule has 0 aliphatic heterocycles. The molecule has 0 amide bonds. The third kappa shape index (κ3) is 4.09. The lowest BCUT2D eigenvalue weighted by atomic mass is 10.4. The van der Waals surface area contributed by atoms with Gasteiger partial charge in [0.05, 0.1) is 11.4 Å². The molecule has 84 valence electrons. The van der Waals surface area contributed by atoms with Gasteiger partial charge in [-0.1, -0.05) is 13.3 Å². The van der Waals surface area contributed by atoms with Crippen LogP contribution in [-0.2, 0) is 16.6 Å². The van der Waals surface area contributed by atoms with E-state index in [1.165, 1.54) is 0 Å². The summed E-state index contributed by atoms with van der Waals surface area (Å²) in [4.78, 5) is 14.4. The first-order valence-corrected chi connectivity index (χ1v) is 7.03. The highest BCUT2D eigenvalue weighted by Gasteiger charge is 2.10. The standard InChI is InChI=1S/C9H13NO3S2/c1-2-3-4-15(13)6-7-5-14-8(10-7)9(11)12/h5H,2-4,6H2,1H3,(H,11,12). The smallest absolute Gasteiger partial charge is 0.365 e. The Labute approximate surface area is 94.8 Å². The van der Waals surface area contributed by atoms with Crippen molar-refractivity contribution in [3.63, 3.8) is 0 Å². The molecule has 1 rings (SSSR count). The molecule has 6 heteroatoms. The minimum absolute atomic E-state index is 0.0671. The summed E-state index contributed by atoms with van der Waals surface area (Å²) in [5.41, 5.74) is 0.617. The van der Waals surface area contributed by atoms with Gasteiger partial charge < -0.3 is 5.11 Å². The summed E-state index contributed by atoms with van der Waals surface area (Å²) in [5, 5.41) is 10.4. The second kappa shape index (κ2) is 5.97. The molecule has 0 saturated carbocycles. The number of rotatable bonds is 6. The number of unbranched alkanes of at least 4 members (excludes halogenated alkanes) is 1. The summed E-state index contributed by atoms with van der Waals surface area (Å²) >= 11 is 1.08. The number of carbonyl (C=O) groups is 1. The molecule has 0 fully saturated rings. The predicted molar refractivity (Wildman–Crippen MR) is 60.7 cm³/mol. The summed E-state index contributed by atoms with van der Waals surface area (Å²) in [7, 11) is -0.920. The average molecular weight is 247 g/mol. The van der Waals surface area contributed by atoms with E-state index >= 15 is 0 Å². The van der Waals surface area contributed by atoms with Gasteiger partial charge in [0.1, 0.15) is 0 Å². The van der Waals surface area contributed by atoms with Crippen molar-refractivity contribution >= 4 is 28.1 Å². The molecule has 1 aromatic heterocycles. The van der Waals surface area contributed by atoms with Gasteiger partial charge in [0.15, 0.2) is 0 Å². The maximum atomic E-state index is 11.5. The van der Waals surface area contributed by atoms with E-state index in [2.05, 4.69) is 4.98 Å². The van der Waals surface area contributed by atoms with Gasteiger partial charge in [-0.25, -0.2) is 9.78 Å². The molecule has 0 aliphatic rings. The molecule has 1 atom stereocenters. The molecule has 15 heavy (non-hydrogen) atoms. The van der Waals surface area contributed by atoms with Crippen molar-refractivity contribution in [2.45, 2.75) is 25.5 Å². The Morgan fingerprint density at radius 3 is 2.93 bits per heavy atom. The highest BCUT2D eigenvalue weighted by Crippen LogP contribution is 2.11. The molecular weight excluding hydrogens is 234 g/mol. The lowest BCUT2D eigenvalue weighted by Crippen LogP contribution is -2.02. The number of thiazole rings is 1. The largest absolute Gasteiger partial charge is 0.476 e. The zero-order valence-electron chi connectivity index (χ0n) is 8.43. The van der Waals surface area contributed by atoms with E-state index in [1.807, 2.05) is 6.92 Å². The van der Waals surface area contributed by atoms with E-state index in [0.717, 1.165) is 24.2 Å². The average Bonchev–Trinajstić information content (AvgIpc) is 2.63. The van der Waals surface area contributed by atoms with Crippen molar-refractivity contribution in [3.05, 3.63) is 16.1 Å². The molecule has 1 heterocycles. The first-order chi connectivity index (χ1) is 7.13. The number of nitrogens with zero attached hydrogens (tertiary/aromatic N) is 1. The second-order valence-electron chi connectivity index (χ2n) is 3.09. The Morgan fingerprint density at radius 2 is 2.40 bits per heavy atom. The van der Waals surface area contributed by atoms with Crippen molar-refractivity contribution in [1.82, 2.24) is 4.98 Å². The number of carboxylic acids is 1. The van der Waals surface area contributed by atoms with Gasteiger partial charge in [-0.3, -0.25) is 4.21 Å². The fraction of sp³-hybridized carbons (Fsp3) is 0.556. The van der Waals surface area contributed by atoms with Gasteiger partial charge in [-0.2, -0.15) is 0 Å². The fourth-order valence-corrected chi connectivity index (χ4v) is 3.01. The summed E-state index contributed by atoms with van der Waals surface area (Å²) < 4.78 is 11.5. The van der Waals surface area contributed by atoms with E-state index in [4.69, 9.17) is 5.11 Å². The van der Waals surface area contributed by atoms with Crippen molar-refractivity contribution in [3.8, 4) is 0 Å². The Bertz CT molecular complexity index is 362. The van der Waals surface area contributed by atoms with Crippen LogP contribution in [0.25, 0.3) is 0 Å². The highest BCUT2D eigenvalue weighted by molar-refractivity contribution is 7.84. The van der Waals surface area contributed by atoms with Crippen molar-refractivity contribution in [2.24, 2.45) is 0 Å². The molecule has 4 nitrogen and oxygen atoms in total. The molecule has 0 spiro atoms. The number of aromatic carboxylic acids is 1. The SMILES string of the molecule is CCCCS(=O)Cc1csc(C(=O)O)n1. The van der Waals surface area contributed by atoms with E-state index < -0.39 is 16.8 Å². The number of hydrogen-bond donors (Lipinski definition) is 1. The third-order valence-corrected chi connectivity index (χ3v) is 4.01. The molecule has 1 N–H and O–H groups in total. The molecule has 0 radical (unpaired) electrons. The highest BCUT2D eigenvalue weighted by atomic mass is 32.2. The lowest BCUT2D eigenvalue weighted by molar-refractivity contribution is 0.0696. The zero-order valence-corrected chi connectivity index (χ0v) is 10.1. The van der Waals surface area contributed by atoms with Crippen molar-refractivity contribution in [1.29, 1.82) is 0 Å². The fourth-order valence-electron chi connectivity index (χ4n) is 1.01. The summed E-state index contributed by atoms with van der Waals surface area (Å²) in [6, 6.07) is 0. The molecule has 1 aromatic rings. The van der Waals surface area contributed by atoms with Crippen LogP contribution >= 0.6 is 11.3 Å². The number of hydrogen-bond acceptors (Lipinski definition) is 4. The first kappa shape index (κ1) is 12.3. The van der Waals surface area contributed by atoms with Gasteiger partial charge in [0.2, 0.25) is 5.01 Å². The monoisotopic (exact) mass is 247 g/mol. The van der Waals surface area contributed by atoms with Crippen LogP contribution in [0.4, 0.5) is 0 Å². The Kier molecular flexibility index (Phi) is 4.90. The van der Waals surface area contributed by atoms with Crippen LogP contribution in [0, 0.1) is 0 Å².